The molecule has 2 atom stereocenters. The van der Waals surface area contributed by atoms with Gasteiger partial charge in [-0.25, -0.2) is 4.79 Å². The molecule has 1 aromatic heterocycles. The van der Waals surface area contributed by atoms with Crippen LogP contribution >= 0.6 is 0 Å². The van der Waals surface area contributed by atoms with Crippen LogP contribution in [0.15, 0.2) is 67.0 Å². The molecule has 0 unspecified atom stereocenters. The van der Waals surface area contributed by atoms with Gasteiger partial charge in [0.05, 0.1) is 18.7 Å². The molecule has 0 aliphatic heterocycles. The molecule has 0 radical (unpaired) electrons. The summed E-state index contributed by atoms with van der Waals surface area (Å²) in [6.45, 7) is 0.638. The van der Waals surface area contributed by atoms with Crippen LogP contribution in [0.5, 0.6) is 0 Å². The van der Waals surface area contributed by atoms with Crippen molar-refractivity contribution < 1.29 is 9.90 Å². The Hall–Kier alpha value is -3.12. The van der Waals surface area contributed by atoms with E-state index in [0.29, 0.717) is 18.7 Å². The number of aliphatic hydroxyl groups excluding tert-OH is 1. The smallest absolute Gasteiger partial charge is 0.319 e. The molecule has 1 aliphatic carbocycles. The molecule has 26 heavy (non-hydrogen) atoms. The fraction of sp³-hybridized carbons (Fsp3) is 0.200. The molecule has 0 fully saturated rings. The maximum atomic E-state index is 12.4. The van der Waals surface area contributed by atoms with Gasteiger partial charge in [0.25, 0.3) is 0 Å². The van der Waals surface area contributed by atoms with Crippen molar-refractivity contribution in [2.45, 2.75) is 25.1 Å². The first-order chi connectivity index (χ1) is 12.7. The number of aliphatic hydroxyl groups is 1. The number of nitrogens with zero attached hydrogens (tertiary/aromatic N) is 2. The summed E-state index contributed by atoms with van der Waals surface area (Å²) in [5.74, 6) is 0. The van der Waals surface area contributed by atoms with E-state index in [2.05, 4.69) is 15.7 Å². The van der Waals surface area contributed by atoms with Gasteiger partial charge in [-0.05, 0) is 34.9 Å². The van der Waals surface area contributed by atoms with E-state index in [1.54, 1.807) is 6.20 Å². The second kappa shape index (κ2) is 7.01. The molecule has 0 spiro atoms. The Kier molecular flexibility index (Phi) is 4.41. The van der Waals surface area contributed by atoms with Crippen molar-refractivity contribution in [2.24, 2.45) is 0 Å². The molecule has 0 saturated carbocycles. The minimum atomic E-state index is -0.607. The molecule has 4 rings (SSSR count). The number of carbonyl (C=O) groups is 1. The average molecular weight is 348 g/mol. The van der Waals surface area contributed by atoms with Crippen LogP contribution in [0.2, 0.25) is 0 Å². The van der Waals surface area contributed by atoms with Gasteiger partial charge < -0.3 is 15.7 Å². The fourth-order valence-electron chi connectivity index (χ4n) is 3.38. The zero-order chi connectivity index (χ0) is 17.9. The van der Waals surface area contributed by atoms with Gasteiger partial charge in [0.2, 0.25) is 0 Å². The summed E-state index contributed by atoms with van der Waals surface area (Å²) in [5.41, 5.74) is 3.79. The lowest BCUT2D eigenvalue weighted by Gasteiger charge is -2.18. The number of nitrogens with one attached hydrogen (secondary N) is 2. The van der Waals surface area contributed by atoms with E-state index in [0.717, 1.165) is 16.7 Å². The minimum Gasteiger partial charge on any atom is -0.390 e. The van der Waals surface area contributed by atoms with Crippen LogP contribution in [-0.4, -0.2) is 27.0 Å². The van der Waals surface area contributed by atoms with Gasteiger partial charge in [-0.15, -0.1) is 0 Å². The first-order valence-electron chi connectivity index (χ1n) is 8.59. The topological polar surface area (TPSA) is 79.2 Å². The number of anilines is 1. The normalized spacial score (nSPS) is 18.3. The van der Waals surface area contributed by atoms with Crippen LogP contribution in [-0.2, 0) is 13.0 Å². The third-order valence-electron chi connectivity index (χ3n) is 4.58. The zero-order valence-corrected chi connectivity index (χ0v) is 14.2. The van der Waals surface area contributed by atoms with Crippen LogP contribution in [0.3, 0.4) is 0 Å². The van der Waals surface area contributed by atoms with Crippen molar-refractivity contribution >= 4 is 11.7 Å². The number of benzene rings is 2. The predicted octanol–water partition coefficient (Wildman–Crippen LogP) is 2.71. The molecule has 1 heterocycles. The highest BCUT2D eigenvalue weighted by atomic mass is 16.3. The van der Waals surface area contributed by atoms with E-state index < -0.39 is 12.1 Å². The molecule has 3 aromatic rings. The number of hydrogen-bond acceptors (Lipinski definition) is 3. The number of hydrogen-bond donors (Lipinski definition) is 3. The van der Waals surface area contributed by atoms with Crippen molar-refractivity contribution in [1.29, 1.82) is 0 Å². The molecule has 2 aromatic carbocycles. The number of carbonyl (C=O) groups excluding carboxylic acids is 1. The Labute approximate surface area is 151 Å². The Bertz CT molecular complexity index is 908. The van der Waals surface area contributed by atoms with Gasteiger partial charge in [0.1, 0.15) is 0 Å². The van der Waals surface area contributed by atoms with Crippen LogP contribution in [0, 0.1) is 0 Å². The van der Waals surface area contributed by atoms with E-state index in [-0.39, 0.29) is 6.03 Å². The molecular weight excluding hydrogens is 328 g/mol. The Morgan fingerprint density at radius 2 is 2.08 bits per heavy atom. The van der Waals surface area contributed by atoms with Crippen molar-refractivity contribution in [1.82, 2.24) is 15.1 Å². The number of urea groups is 1. The Morgan fingerprint density at radius 3 is 2.92 bits per heavy atom. The summed E-state index contributed by atoms with van der Waals surface area (Å²) in [5, 5.41) is 20.2. The third kappa shape index (κ3) is 3.45. The predicted molar refractivity (Wildman–Crippen MR) is 98.8 cm³/mol. The maximum absolute atomic E-state index is 12.4. The second-order valence-corrected chi connectivity index (χ2v) is 6.45. The SMILES string of the molecule is O=C(Nc1cccc(Cn2cccn2)c1)N[C@H]1c2ccccc2C[C@H]1O. The van der Waals surface area contributed by atoms with Gasteiger partial charge in [-0.3, -0.25) is 4.68 Å². The third-order valence-corrected chi connectivity index (χ3v) is 4.58. The summed E-state index contributed by atoms with van der Waals surface area (Å²) >= 11 is 0. The molecule has 3 N–H and O–H groups in total. The molecule has 2 amide bonds. The van der Waals surface area contributed by atoms with Crippen molar-refractivity contribution in [3.8, 4) is 0 Å². The first kappa shape index (κ1) is 16.4. The van der Waals surface area contributed by atoms with Gasteiger partial charge in [-0.1, -0.05) is 36.4 Å². The number of amides is 2. The Balaban J connectivity index is 1.42. The molecular formula is C20H20N4O2. The lowest BCUT2D eigenvalue weighted by molar-refractivity contribution is 0.144. The highest BCUT2D eigenvalue weighted by Gasteiger charge is 2.31. The molecule has 6 nitrogen and oxygen atoms in total. The highest BCUT2D eigenvalue weighted by molar-refractivity contribution is 5.89. The average Bonchev–Trinajstić information content (AvgIpc) is 3.24. The van der Waals surface area contributed by atoms with Crippen molar-refractivity contribution in [3.05, 3.63) is 83.7 Å². The van der Waals surface area contributed by atoms with Crippen LogP contribution in [0.25, 0.3) is 0 Å². The number of fused-ring (bicyclic) bond motifs is 1. The van der Waals surface area contributed by atoms with Crippen molar-refractivity contribution in [2.75, 3.05) is 5.32 Å². The highest BCUT2D eigenvalue weighted by Crippen LogP contribution is 2.31. The van der Waals surface area contributed by atoms with E-state index in [1.807, 2.05) is 65.5 Å². The minimum absolute atomic E-state index is 0.331. The van der Waals surface area contributed by atoms with E-state index in [9.17, 15) is 9.90 Å². The second-order valence-electron chi connectivity index (χ2n) is 6.45. The summed E-state index contributed by atoms with van der Waals surface area (Å²) in [6.07, 6.45) is 3.58. The number of aromatic nitrogens is 2. The summed E-state index contributed by atoms with van der Waals surface area (Å²) in [6, 6.07) is 16.6. The quantitative estimate of drug-likeness (QED) is 0.678. The summed E-state index contributed by atoms with van der Waals surface area (Å²) in [4.78, 5) is 12.4. The van der Waals surface area contributed by atoms with Gasteiger partial charge in [0.15, 0.2) is 0 Å². The maximum Gasteiger partial charge on any atom is 0.319 e. The zero-order valence-electron chi connectivity index (χ0n) is 14.2. The van der Waals surface area contributed by atoms with Gasteiger partial charge in [-0.2, -0.15) is 5.10 Å². The summed E-state index contributed by atoms with van der Waals surface area (Å²) < 4.78 is 1.82. The lowest BCUT2D eigenvalue weighted by Crippen LogP contribution is -2.36. The van der Waals surface area contributed by atoms with Crippen LogP contribution < -0.4 is 10.6 Å². The molecule has 6 heteroatoms. The molecule has 0 saturated heterocycles. The molecule has 0 bridgehead atoms. The fourth-order valence-corrected chi connectivity index (χ4v) is 3.38. The summed E-state index contributed by atoms with van der Waals surface area (Å²) in [7, 11) is 0. The first-order valence-corrected chi connectivity index (χ1v) is 8.59. The van der Waals surface area contributed by atoms with Crippen molar-refractivity contribution in [3.63, 3.8) is 0 Å². The monoisotopic (exact) mass is 348 g/mol. The van der Waals surface area contributed by atoms with Crippen LogP contribution in [0.4, 0.5) is 10.5 Å². The van der Waals surface area contributed by atoms with E-state index in [1.165, 1.54) is 0 Å². The van der Waals surface area contributed by atoms with E-state index >= 15 is 0 Å². The lowest BCUT2D eigenvalue weighted by atomic mass is 10.1. The van der Waals surface area contributed by atoms with Gasteiger partial charge >= 0.3 is 6.03 Å². The van der Waals surface area contributed by atoms with Crippen LogP contribution in [0.1, 0.15) is 22.7 Å². The number of rotatable bonds is 4. The molecule has 132 valence electrons. The molecule has 1 aliphatic rings. The Morgan fingerprint density at radius 1 is 1.19 bits per heavy atom. The van der Waals surface area contributed by atoms with Gasteiger partial charge in [0, 0.05) is 24.5 Å². The standard InChI is InChI=1S/C20H20N4O2/c25-18-12-15-6-1-2-8-17(15)19(18)23-20(26)22-16-7-3-5-14(11-16)13-24-10-4-9-21-24/h1-11,18-19,25H,12-13H2,(H2,22,23,26)/t18-,19+/m1/s1. The van der Waals surface area contributed by atoms with E-state index in [4.69, 9.17) is 0 Å². The largest absolute Gasteiger partial charge is 0.390 e.